The number of aromatic nitrogens is 1. The van der Waals surface area contributed by atoms with Crippen molar-refractivity contribution in [2.75, 3.05) is 5.32 Å². The van der Waals surface area contributed by atoms with Crippen LogP contribution in [0.3, 0.4) is 0 Å². The zero-order valence-electron chi connectivity index (χ0n) is 10.5. The van der Waals surface area contributed by atoms with Crippen molar-refractivity contribution in [2.24, 2.45) is 0 Å². The molecule has 2 rings (SSSR count). The van der Waals surface area contributed by atoms with E-state index >= 15 is 0 Å². The third-order valence-electron chi connectivity index (χ3n) is 2.55. The van der Waals surface area contributed by atoms with Crippen molar-refractivity contribution >= 4 is 28.9 Å². The molecule has 7 heteroatoms. The van der Waals surface area contributed by atoms with Crippen LogP contribution in [0.15, 0.2) is 36.7 Å². The summed E-state index contributed by atoms with van der Waals surface area (Å²) in [5, 5.41) is 13.5. The molecule has 2 aromatic rings. The van der Waals surface area contributed by atoms with Crippen LogP contribution in [0, 0.1) is 17.0 Å². The third kappa shape index (κ3) is 2.92. The van der Waals surface area contributed by atoms with Crippen LogP contribution in [0.1, 0.15) is 15.9 Å². The molecule has 0 spiro atoms. The molecule has 1 N–H and O–H groups in total. The van der Waals surface area contributed by atoms with Crippen LogP contribution in [-0.4, -0.2) is 15.8 Å². The number of anilines is 1. The molecule has 1 aromatic heterocycles. The molecule has 0 aliphatic carbocycles. The first kappa shape index (κ1) is 14.0. The molecule has 6 nitrogen and oxygen atoms in total. The van der Waals surface area contributed by atoms with Crippen molar-refractivity contribution in [1.29, 1.82) is 0 Å². The number of carbonyl (C=O) groups excluding carboxylic acids is 1. The number of rotatable bonds is 3. The Bertz CT molecular complexity index is 688. The molecule has 0 bridgehead atoms. The van der Waals surface area contributed by atoms with E-state index in [1.807, 2.05) is 6.92 Å². The molecular formula is C13H10ClN3O3. The fourth-order valence-corrected chi connectivity index (χ4v) is 1.95. The maximum Gasteiger partial charge on any atom is 0.300 e. The van der Waals surface area contributed by atoms with Crippen molar-refractivity contribution in [3.05, 3.63) is 62.9 Å². The lowest BCUT2D eigenvalue weighted by molar-refractivity contribution is -0.385. The quantitative estimate of drug-likeness (QED) is 0.695. The lowest BCUT2D eigenvalue weighted by Crippen LogP contribution is -2.14. The lowest BCUT2D eigenvalue weighted by Gasteiger charge is -2.06. The highest BCUT2D eigenvalue weighted by Crippen LogP contribution is 2.28. The van der Waals surface area contributed by atoms with Crippen LogP contribution >= 0.6 is 11.6 Å². The smallest absolute Gasteiger partial charge is 0.300 e. The van der Waals surface area contributed by atoms with Crippen LogP contribution in [0.25, 0.3) is 0 Å². The van der Waals surface area contributed by atoms with E-state index < -0.39 is 16.5 Å². The van der Waals surface area contributed by atoms with Crippen molar-refractivity contribution in [1.82, 2.24) is 4.98 Å². The van der Waals surface area contributed by atoms with E-state index in [9.17, 15) is 14.9 Å². The van der Waals surface area contributed by atoms with Crippen molar-refractivity contribution < 1.29 is 9.72 Å². The highest BCUT2D eigenvalue weighted by atomic mass is 35.5. The van der Waals surface area contributed by atoms with Crippen molar-refractivity contribution in [3.8, 4) is 0 Å². The molecule has 0 saturated carbocycles. The van der Waals surface area contributed by atoms with Gasteiger partial charge in [-0.3, -0.25) is 19.9 Å². The predicted molar refractivity (Wildman–Crippen MR) is 75.0 cm³/mol. The minimum atomic E-state index is -0.675. The van der Waals surface area contributed by atoms with Crippen LogP contribution in [0.5, 0.6) is 0 Å². The Kier molecular flexibility index (Phi) is 3.95. The summed E-state index contributed by atoms with van der Waals surface area (Å²) in [5.74, 6) is -0.605. The fraction of sp³-hybridized carbons (Fsp3) is 0.0769. The molecule has 102 valence electrons. The van der Waals surface area contributed by atoms with E-state index in [1.165, 1.54) is 24.4 Å². The highest BCUT2D eigenvalue weighted by Gasteiger charge is 2.23. The summed E-state index contributed by atoms with van der Waals surface area (Å²) < 4.78 is 0. The van der Waals surface area contributed by atoms with Gasteiger partial charge in [-0.1, -0.05) is 17.7 Å². The Morgan fingerprint density at radius 3 is 2.80 bits per heavy atom. The molecule has 0 saturated heterocycles. The van der Waals surface area contributed by atoms with Gasteiger partial charge in [-0.05, 0) is 30.7 Å². The normalized spacial score (nSPS) is 10.1. The largest absolute Gasteiger partial charge is 0.320 e. The molecule has 0 fully saturated rings. The number of benzene rings is 1. The molecule has 1 amide bonds. The predicted octanol–water partition coefficient (Wildman–Crippen LogP) is 3.20. The van der Waals surface area contributed by atoms with Gasteiger partial charge in [-0.15, -0.1) is 0 Å². The molecule has 1 heterocycles. The number of aryl methyl sites for hydroxylation is 1. The average Bonchev–Trinajstić information content (AvgIpc) is 2.37. The van der Waals surface area contributed by atoms with Gasteiger partial charge in [0.25, 0.3) is 5.91 Å². The number of amides is 1. The number of nitrogens with zero attached hydrogens (tertiary/aromatic N) is 2. The standard InChI is InChI=1S/C13H10ClN3O3/c1-8-5-9(7-15-6-8)16-13(18)10-3-2-4-11(14)12(10)17(19)20/h2-7H,1H3,(H,16,18). The summed E-state index contributed by atoms with van der Waals surface area (Å²) in [4.78, 5) is 26.3. The summed E-state index contributed by atoms with van der Waals surface area (Å²) >= 11 is 5.76. The van der Waals surface area contributed by atoms with Gasteiger partial charge in [0, 0.05) is 6.20 Å². The summed E-state index contributed by atoms with van der Waals surface area (Å²) in [6.07, 6.45) is 3.10. The van der Waals surface area contributed by atoms with E-state index in [1.54, 1.807) is 12.3 Å². The second kappa shape index (κ2) is 5.66. The first-order valence-corrected chi connectivity index (χ1v) is 6.02. The fourth-order valence-electron chi connectivity index (χ4n) is 1.71. The maximum absolute atomic E-state index is 12.1. The summed E-state index contributed by atoms with van der Waals surface area (Å²) in [6, 6.07) is 5.91. The molecule has 0 unspecified atom stereocenters. The van der Waals surface area contributed by atoms with Crippen LogP contribution < -0.4 is 5.32 Å². The Morgan fingerprint density at radius 1 is 1.40 bits per heavy atom. The Hall–Kier alpha value is -2.47. The Balaban J connectivity index is 2.35. The molecule has 20 heavy (non-hydrogen) atoms. The monoisotopic (exact) mass is 291 g/mol. The molecule has 1 aromatic carbocycles. The number of nitrogens with one attached hydrogen (secondary N) is 1. The number of nitro groups is 1. The Labute approximate surface area is 119 Å². The number of para-hydroxylation sites is 1. The number of carbonyl (C=O) groups is 1. The minimum absolute atomic E-state index is 0.0787. The van der Waals surface area contributed by atoms with Gasteiger partial charge in [0.2, 0.25) is 0 Å². The van der Waals surface area contributed by atoms with Crippen LogP contribution in [-0.2, 0) is 0 Å². The SMILES string of the molecule is Cc1cncc(NC(=O)c2cccc(Cl)c2[N+](=O)[O-])c1. The molecule has 0 aliphatic rings. The van der Waals surface area contributed by atoms with E-state index in [4.69, 9.17) is 11.6 Å². The van der Waals surface area contributed by atoms with Gasteiger partial charge in [-0.25, -0.2) is 0 Å². The van der Waals surface area contributed by atoms with Crippen LogP contribution in [0.4, 0.5) is 11.4 Å². The van der Waals surface area contributed by atoms with E-state index in [0.29, 0.717) is 5.69 Å². The lowest BCUT2D eigenvalue weighted by atomic mass is 10.1. The Morgan fingerprint density at radius 2 is 2.15 bits per heavy atom. The number of hydrogen-bond acceptors (Lipinski definition) is 4. The van der Waals surface area contributed by atoms with Gasteiger partial charge < -0.3 is 5.32 Å². The van der Waals surface area contributed by atoms with E-state index in [0.717, 1.165) is 5.56 Å². The van der Waals surface area contributed by atoms with Gasteiger partial charge >= 0.3 is 5.69 Å². The van der Waals surface area contributed by atoms with Crippen molar-refractivity contribution in [3.63, 3.8) is 0 Å². The van der Waals surface area contributed by atoms with Crippen LogP contribution in [0.2, 0.25) is 5.02 Å². The average molecular weight is 292 g/mol. The summed E-state index contributed by atoms with van der Waals surface area (Å²) in [5.41, 5.74) is 0.823. The molecular weight excluding hydrogens is 282 g/mol. The molecule has 0 atom stereocenters. The third-order valence-corrected chi connectivity index (χ3v) is 2.85. The topological polar surface area (TPSA) is 85.1 Å². The first-order valence-electron chi connectivity index (χ1n) is 5.65. The first-order chi connectivity index (χ1) is 9.49. The second-order valence-corrected chi connectivity index (χ2v) is 4.51. The number of hydrogen-bond donors (Lipinski definition) is 1. The maximum atomic E-state index is 12.1. The summed E-state index contributed by atoms with van der Waals surface area (Å²) in [7, 11) is 0. The zero-order chi connectivity index (χ0) is 14.7. The summed E-state index contributed by atoms with van der Waals surface area (Å²) in [6.45, 7) is 1.82. The second-order valence-electron chi connectivity index (χ2n) is 4.10. The molecule has 0 radical (unpaired) electrons. The van der Waals surface area contributed by atoms with Gasteiger partial charge in [0.15, 0.2) is 0 Å². The van der Waals surface area contributed by atoms with Gasteiger partial charge in [-0.2, -0.15) is 0 Å². The van der Waals surface area contributed by atoms with Gasteiger partial charge in [0.1, 0.15) is 10.6 Å². The minimum Gasteiger partial charge on any atom is -0.320 e. The number of nitro benzene ring substituents is 1. The van der Waals surface area contributed by atoms with Gasteiger partial charge in [0.05, 0.1) is 16.8 Å². The highest BCUT2D eigenvalue weighted by molar-refractivity contribution is 6.33. The van der Waals surface area contributed by atoms with E-state index in [-0.39, 0.29) is 10.6 Å². The van der Waals surface area contributed by atoms with Crippen molar-refractivity contribution in [2.45, 2.75) is 6.92 Å². The zero-order valence-corrected chi connectivity index (χ0v) is 11.2. The number of pyridine rings is 1. The number of halogens is 1. The van der Waals surface area contributed by atoms with E-state index in [2.05, 4.69) is 10.3 Å². The molecule has 0 aliphatic heterocycles.